The molecule has 24 heavy (non-hydrogen) atoms. The van der Waals surface area contributed by atoms with Crippen molar-refractivity contribution in [3.8, 4) is 5.75 Å². The summed E-state index contributed by atoms with van der Waals surface area (Å²) in [5.74, 6) is -0.935. The van der Waals surface area contributed by atoms with Crippen LogP contribution in [0.5, 0.6) is 5.75 Å². The number of fused-ring (bicyclic) bond motifs is 3. The van der Waals surface area contributed by atoms with E-state index in [-0.39, 0.29) is 11.9 Å². The highest BCUT2D eigenvalue weighted by Gasteiger charge is 2.38. The fourth-order valence-electron chi connectivity index (χ4n) is 4.26. The van der Waals surface area contributed by atoms with E-state index in [9.17, 15) is 14.3 Å². The van der Waals surface area contributed by atoms with Gasteiger partial charge in [0.15, 0.2) is 11.6 Å². The van der Waals surface area contributed by atoms with Crippen molar-refractivity contribution in [1.82, 2.24) is 4.90 Å². The van der Waals surface area contributed by atoms with Crippen LogP contribution in [0.1, 0.15) is 46.7 Å². The summed E-state index contributed by atoms with van der Waals surface area (Å²) in [7, 11) is 0. The number of phenols is 1. The van der Waals surface area contributed by atoms with Crippen LogP contribution in [0.15, 0.2) is 42.5 Å². The van der Waals surface area contributed by atoms with Gasteiger partial charge in [-0.05, 0) is 55.0 Å². The molecule has 4 rings (SSSR count). The van der Waals surface area contributed by atoms with E-state index < -0.39 is 11.6 Å². The quantitative estimate of drug-likeness (QED) is 0.865. The van der Waals surface area contributed by atoms with E-state index >= 15 is 0 Å². The standard InChI is InChI=1S/C20H20FNO2/c21-17-12-14(8-10-19(17)23)20(24)22-11-3-6-16-15-5-2-1-4-13(15)7-9-18(16)22/h1-2,4-5,8,10,12,16,18,23H,3,6-7,9,11H2. The van der Waals surface area contributed by atoms with Crippen molar-refractivity contribution >= 4 is 5.91 Å². The molecule has 0 radical (unpaired) electrons. The van der Waals surface area contributed by atoms with Crippen LogP contribution in [0.3, 0.4) is 0 Å². The minimum atomic E-state index is -0.747. The average Bonchev–Trinajstić information content (AvgIpc) is 2.62. The predicted octanol–water partition coefficient (Wildman–Crippen LogP) is 3.87. The fraction of sp³-hybridized carbons (Fsp3) is 0.350. The minimum absolute atomic E-state index is 0.136. The van der Waals surface area contributed by atoms with Crippen LogP contribution < -0.4 is 0 Å². The molecule has 0 saturated carbocycles. The van der Waals surface area contributed by atoms with Crippen LogP contribution in [0.2, 0.25) is 0 Å². The summed E-state index contributed by atoms with van der Waals surface area (Å²) < 4.78 is 13.6. The van der Waals surface area contributed by atoms with Crippen LogP contribution in [0.4, 0.5) is 4.39 Å². The van der Waals surface area contributed by atoms with Crippen molar-refractivity contribution in [3.05, 3.63) is 65.0 Å². The number of nitrogens with zero attached hydrogens (tertiary/aromatic N) is 1. The lowest BCUT2D eigenvalue weighted by Crippen LogP contribution is -2.49. The molecule has 0 bridgehead atoms. The number of aromatic hydroxyl groups is 1. The number of likely N-dealkylation sites (tertiary alicyclic amines) is 1. The van der Waals surface area contributed by atoms with Crippen molar-refractivity contribution in [2.24, 2.45) is 0 Å². The van der Waals surface area contributed by atoms with Gasteiger partial charge in [0.2, 0.25) is 0 Å². The second-order valence-electron chi connectivity index (χ2n) is 6.72. The molecular weight excluding hydrogens is 305 g/mol. The number of halogens is 1. The number of hydrogen-bond acceptors (Lipinski definition) is 2. The zero-order valence-corrected chi connectivity index (χ0v) is 13.4. The molecule has 1 heterocycles. The van der Waals surface area contributed by atoms with Gasteiger partial charge in [0.25, 0.3) is 5.91 Å². The molecular formula is C20H20FNO2. The Labute approximate surface area is 140 Å². The maximum absolute atomic E-state index is 13.6. The van der Waals surface area contributed by atoms with Gasteiger partial charge >= 0.3 is 0 Å². The van der Waals surface area contributed by atoms with Gasteiger partial charge in [-0.2, -0.15) is 0 Å². The first-order valence-corrected chi connectivity index (χ1v) is 8.52. The van der Waals surface area contributed by atoms with E-state index in [1.165, 1.54) is 23.3 Å². The average molecular weight is 325 g/mol. The van der Waals surface area contributed by atoms with Crippen molar-refractivity contribution in [1.29, 1.82) is 0 Å². The third-order valence-electron chi connectivity index (χ3n) is 5.40. The fourth-order valence-corrected chi connectivity index (χ4v) is 4.26. The molecule has 2 aromatic rings. The summed E-state index contributed by atoms with van der Waals surface area (Å²) in [6.07, 6.45) is 3.98. The molecule has 1 N–H and O–H groups in total. The van der Waals surface area contributed by atoms with Crippen molar-refractivity contribution in [3.63, 3.8) is 0 Å². The second kappa shape index (κ2) is 5.93. The second-order valence-corrected chi connectivity index (χ2v) is 6.72. The number of carbonyl (C=O) groups excluding carboxylic acids is 1. The van der Waals surface area contributed by atoms with E-state index in [1.54, 1.807) is 0 Å². The molecule has 4 heteroatoms. The number of rotatable bonds is 1. The van der Waals surface area contributed by atoms with Crippen molar-refractivity contribution in [2.45, 2.75) is 37.6 Å². The molecule has 0 spiro atoms. The van der Waals surface area contributed by atoms with Crippen molar-refractivity contribution < 1.29 is 14.3 Å². The smallest absolute Gasteiger partial charge is 0.254 e. The van der Waals surface area contributed by atoms with Crippen LogP contribution in [-0.4, -0.2) is 28.5 Å². The monoisotopic (exact) mass is 325 g/mol. The summed E-state index contributed by atoms with van der Waals surface area (Å²) in [4.78, 5) is 14.8. The number of aryl methyl sites for hydroxylation is 1. The topological polar surface area (TPSA) is 40.5 Å². The lowest BCUT2D eigenvalue weighted by molar-refractivity contribution is 0.0546. The molecule has 124 valence electrons. The molecule has 1 amide bonds. The Morgan fingerprint density at radius 3 is 2.83 bits per heavy atom. The van der Waals surface area contributed by atoms with Crippen LogP contribution in [-0.2, 0) is 6.42 Å². The van der Waals surface area contributed by atoms with Gasteiger partial charge in [0, 0.05) is 24.1 Å². The molecule has 2 unspecified atom stereocenters. The largest absolute Gasteiger partial charge is 0.505 e. The maximum Gasteiger partial charge on any atom is 0.254 e. The Hall–Kier alpha value is -2.36. The van der Waals surface area contributed by atoms with E-state index in [4.69, 9.17) is 0 Å². The Balaban J connectivity index is 1.64. The summed E-state index contributed by atoms with van der Waals surface area (Å²) >= 11 is 0. The molecule has 0 aromatic heterocycles. The number of amides is 1. The first-order valence-electron chi connectivity index (χ1n) is 8.52. The van der Waals surface area contributed by atoms with Crippen LogP contribution in [0, 0.1) is 5.82 Å². The molecule has 1 aliphatic carbocycles. The van der Waals surface area contributed by atoms with Gasteiger partial charge < -0.3 is 10.0 Å². The van der Waals surface area contributed by atoms with Crippen LogP contribution >= 0.6 is 0 Å². The molecule has 2 aromatic carbocycles. The van der Waals surface area contributed by atoms with E-state index in [0.717, 1.165) is 31.7 Å². The van der Waals surface area contributed by atoms with Crippen molar-refractivity contribution in [2.75, 3.05) is 6.54 Å². The highest BCUT2D eigenvalue weighted by Crippen LogP contribution is 2.41. The van der Waals surface area contributed by atoms with Gasteiger partial charge in [-0.1, -0.05) is 24.3 Å². The molecule has 1 saturated heterocycles. The zero-order chi connectivity index (χ0) is 16.7. The minimum Gasteiger partial charge on any atom is -0.505 e. The Bertz CT molecular complexity index is 789. The highest BCUT2D eigenvalue weighted by atomic mass is 19.1. The van der Waals surface area contributed by atoms with Gasteiger partial charge in [0.1, 0.15) is 0 Å². The summed E-state index contributed by atoms with van der Waals surface area (Å²) in [5, 5.41) is 9.33. The summed E-state index contributed by atoms with van der Waals surface area (Å²) in [6, 6.07) is 12.6. The number of piperidine rings is 1. The summed E-state index contributed by atoms with van der Waals surface area (Å²) in [6.45, 7) is 0.713. The molecule has 2 atom stereocenters. The Kier molecular flexibility index (Phi) is 3.75. The van der Waals surface area contributed by atoms with E-state index in [0.29, 0.717) is 18.0 Å². The van der Waals surface area contributed by atoms with Gasteiger partial charge in [-0.25, -0.2) is 4.39 Å². The normalized spacial score (nSPS) is 22.6. The first kappa shape index (κ1) is 15.2. The third kappa shape index (κ3) is 2.46. The Morgan fingerprint density at radius 1 is 1.17 bits per heavy atom. The van der Waals surface area contributed by atoms with Crippen LogP contribution in [0.25, 0.3) is 0 Å². The predicted molar refractivity (Wildman–Crippen MR) is 89.6 cm³/mol. The van der Waals surface area contributed by atoms with Gasteiger partial charge in [-0.3, -0.25) is 4.79 Å². The number of carbonyl (C=O) groups is 1. The zero-order valence-electron chi connectivity index (χ0n) is 13.4. The molecule has 3 nitrogen and oxygen atoms in total. The van der Waals surface area contributed by atoms with E-state index in [2.05, 4.69) is 24.3 Å². The summed E-state index contributed by atoms with van der Waals surface area (Å²) in [5.41, 5.74) is 3.07. The number of phenolic OH excluding ortho intramolecular Hbond substituents is 1. The SMILES string of the molecule is O=C(c1ccc(O)c(F)c1)N1CCCC2c3ccccc3CCC21. The lowest BCUT2D eigenvalue weighted by Gasteiger charge is -2.45. The molecule has 2 aliphatic rings. The highest BCUT2D eigenvalue weighted by molar-refractivity contribution is 5.94. The maximum atomic E-state index is 13.6. The molecule has 1 fully saturated rings. The third-order valence-corrected chi connectivity index (χ3v) is 5.40. The van der Waals surface area contributed by atoms with Gasteiger partial charge in [0.05, 0.1) is 0 Å². The number of hydrogen-bond donors (Lipinski definition) is 1. The first-order chi connectivity index (χ1) is 11.6. The van der Waals surface area contributed by atoms with E-state index in [1.807, 2.05) is 4.90 Å². The molecule has 1 aliphatic heterocycles. The number of benzene rings is 2. The van der Waals surface area contributed by atoms with Gasteiger partial charge in [-0.15, -0.1) is 0 Å². The lowest BCUT2D eigenvalue weighted by atomic mass is 9.74. The Morgan fingerprint density at radius 2 is 2.00 bits per heavy atom.